The highest BCUT2D eigenvalue weighted by Crippen LogP contribution is 2.27. The van der Waals surface area contributed by atoms with Crippen molar-refractivity contribution in [2.75, 3.05) is 13.1 Å². The molecular weight excluding hydrogens is 242 g/mol. The summed E-state index contributed by atoms with van der Waals surface area (Å²) in [6.07, 6.45) is 1.17. The van der Waals surface area contributed by atoms with Gasteiger partial charge in [-0.15, -0.1) is 0 Å². The lowest BCUT2D eigenvalue weighted by Gasteiger charge is -2.21. The molecule has 0 spiro atoms. The van der Waals surface area contributed by atoms with Gasteiger partial charge in [-0.1, -0.05) is 61.0 Å². The van der Waals surface area contributed by atoms with Crippen LogP contribution in [0.15, 0.2) is 48.5 Å². The van der Waals surface area contributed by atoms with Gasteiger partial charge in [-0.3, -0.25) is 0 Å². The van der Waals surface area contributed by atoms with E-state index in [4.69, 9.17) is 0 Å². The molecule has 1 atom stereocenters. The molecule has 0 amide bonds. The Morgan fingerprint density at radius 2 is 1.75 bits per heavy atom. The van der Waals surface area contributed by atoms with Gasteiger partial charge in [0.15, 0.2) is 0 Å². The van der Waals surface area contributed by atoms with Gasteiger partial charge in [0.2, 0.25) is 0 Å². The fraction of sp³-hybridized carbons (Fsp3) is 0.368. The Hall–Kier alpha value is -1.60. The van der Waals surface area contributed by atoms with E-state index in [1.54, 1.807) is 0 Å². The zero-order chi connectivity index (χ0) is 14.4. The molecule has 2 aromatic carbocycles. The molecule has 0 radical (unpaired) electrons. The molecule has 1 unspecified atom stereocenters. The molecular formula is C19H25N. The monoisotopic (exact) mass is 267 g/mol. The largest absolute Gasteiger partial charge is 0.316 e. The summed E-state index contributed by atoms with van der Waals surface area (Å²) in [5.41, 5.74) is 5.55. The van der Waals surface area contributed by atoms with Crippen LogP contribution in [0.5, 0.6) is 0 Å². The standard InChI is InChI=1S/C19H25N/c1-4-12-20-14-19(17-8-6-5-7-9-17)18-11-10-15(2)13-16(18)3/h5-11,13,19-20H,4,12,14H2,1-3H3. The Kier molecular flexibility index (Phi) is 5.37. The Morgan fingerprint density at radius 1 is 1.00 bits per heavy atom. The molecule has 1 nitrogen and oxygen atoms in total. The van der Waals surface area contributed by atoms with Crippen molar-refractivity contribution < 1.29 is 0 Å². The molecule has 0 bridgehead atoms. The maximum atomic E-state index is 3.57. The number of aryl methyl sites for hydroxylation is 2. The van der Waals surface area contributed by atoms with Gasteiger partial charge in [-0.25, -0.2) is 0 Å². The maximum Gasteiger partial charge on any atom is 0.0217 e. The second-order valence-electron chi connectivity index (χ2n) is 5.53. The van der Waals surface area contributed by atoms with Gasteiger partial charge >= 0.3 is 0 Å². The molecule has 106 valence electrons. The zero-order valence-electron chi connectivity index (χ0n) is 12.8. The first kappa shape index (κ1) is 14.8. The first-order chi connectivity index (χ1) is 9.72. The molecule has 0 fully saturated rings. The van der Waals surface area contributed by atoms with E-state index in [1.165, 1.54) is 28.7 Å². The minimum Gasteiger partial charge on any atom is -0.316 e. The van der Waals surface area contributed by atoms with Crippen LogP contribution in [0.2, 0.25) is 0 Å². The number of nitrogens with one attached hydrogen (secondary N) is 1. The second kappa shape index (κ2) is 7.25. The van der Waals surface area contributed by atoms with Crippen LogP contribution in [0.3, 0.4) is 0 Å². The fourth-order valence-electron chi connectivity index (χ4n) is 2.73. The molecule has 0 aliphatic heterocycles. The predicted octanol–water partition coefficient (Wildman–Crippen LogP) is 4.43. The van der Waals surface area contributed by atoms with Crippen molar-refractivity contribution >= 4 is 0 Å². The Bertz CT molecular complexity index is 531. The minimum atomic E-state index is 0.434. The maximum absolute atomic E-state index is 3.57. The summed E-state index contributed by atoms with van der Waals surface area (Å²) >= 11 is 0. The van der Waals surface area contributed by atoms with E-state index in [0.717, 1.165) is 13.1 Å². The number of hydrogen-bond acceptors (Lipinski definition) is 1. The topological polar surface area (TPSA) is 12.0 Å². The van der Waals surface area contributed by atoms with Gasteiger partial charge in [-0.2, -0.15) is 0 Å². The summed E-state index contributed by atoms with van der Waals surface area (Å²) < 4.78 is 0. The van der Waals surface area contributed by atoms with E-state index in [2.05, 4.69) is 74.6 Å². The number of rotatable bonds is 6. The van der Waals surface area contributed by atoms with Crippen LogP contribution < -0.4 is 5.32 Å². The first-order valence-electron chi connectivity index (χ1n) is 7.55. The number of benzene rings is 2. The van der Waals surface area contributed by atoms with Gasteiger partial charge in [0, 0.05) is 12.5 Å². The van der Waals surface area contributed by atoms with Crippen LogP contribution in [0.1, 0.15) is 41.5 Å². The van der Waals surface area contributed by atoms with Crippen molar-refractivity contribution in [3.05, 3.63) is 70.8 Å². The van der Waals surface area contributed by atoms with E-state index < -0.39 is 0 Å². The van der Waals surface area contributed by atoms with Crippen molar-refractivity contribution in [2.24, 2.45) is 0 Å². The van der Waals surface area contributed by atoms with E-state index in [0.29, 0.717) is 5.92 Å². The van der Waals surface area contributed by atoms with Gasteiger partial charge < -0.3 is 5.32 Å². The summed E-state index contributed by atoms with van der Waals surface area (Å²) in [6, 6.07) is 17.6. The van der Waals surface area contributed by atoms with E-state index in [-0.39, 0.29) is 0 Å². The van der Waals surface area contributed by atoms with Crippen LogP contribution >= 0.6 is 0 Å². The lowest BCUT2D eigenvalue weighted by atomic mass is 9.87. The lowest BCUT2D eigenvalue weighted by Crippen LogP contribution is -2.23. The quantitative estimate of drug-likeness (QED) is 0.763. The van der Waals surface area contributed by atoms with Crippen LogP contribution in [0.25, 0.3) is 0 Å². The predicted molar refractivity (Wildman–Crippen MR) is 87.4 cm³/mol. The SMILES string of the molecule is CCCNCC(c1ccccc1)c1ccc(C)cc1C. The summed E-state index contributed by atoms with van der Waals surface area (Å²) in [5.74, 6) is 0.434. The van der Waals surface area contributed by atoms with Crippen molar-refractivity contribution in [1.29, 1.82) is 0 Å². The summed E-state index contributed by atoms with van der Waals surface area (Å²) in [4.78, 5) is 0. The molecule has 0 aliphatic rings. The molecule has 2 aromatic rings. The van der Waals surface area contributed by atoms with Crippen molar-refractivity contribution in [2.45, 2.75) is 33.1 Å². The Balaban J connectivity index is 2.30. The second-order valence-corrected chi connectivity index (χ2v) is 5.53. The highest BCUT2D eigenvalue weighted by atomic mass is 14.9. The third-order valence-electron chi connectivity index (χ3n) is 3.78. The van der Waals surface area contributed by atoms with E-state index in [9.17, 15) is 0 Å². The van der Waals surface area contributed by atoms with Crippen molar-refractivity contribution in [3.8, 4) is 0 Å². The smallest absolute Gasteiger partial charge is 0.0217 e. The third kappa shape index (κ3) is 3.71. The minimum absolute atomic E-state index is 0.434. The third-order valence-corrected chi connectivity index (χ3v) is 3.78. The van der Waals surface area contributed by atoms with Gasteiger partial charge in [0.05, 0.1) is 0 Å². The molecule has 0 heterocycles. The highest BCUT2D eigenvalue weighted by Gasteiger charge is 2.15. The van der Waals surface area contributed by atoms with Gasteiger partial charge in [0.1, 0.15) is 0 Å². The highest BCUT2D eigenvalue weighted by molar-refractivity contribution is 5.39. The first-order valence-corrected chi connectivity index (χ1v) is 7.55. The molecule has 1 N–H and O–H groups in total. The summed E-state index contributed by atoms with van der Waals surface area (Å²) in [6.45, 7) is 8.67. The van der Waals surface area contributed by atoms with Gasteiger partial charge in [-0.05, 0) is 43.5 Å². The molecule has 0 aromatic heterocycles. The molecule has 20 heavy (non-hydrogen) atoms. The normalized spacial score (nSPS) is 12.3. The average molecular weight is 267 g/mol. The summed E-state index contributed by atoms with van der Waals surface area (Å²) in [7, 11) is 0. The lowest BCUT2D eigenvalue weighted by molar-refractivity contribution is 0.626. The summed E-state index contributed by atoms with van der Waals surface area (Å²) in [5, 5.41) is 3.57. The molecule has 0 aliphatic carbocycles. The van der Waals surface area contributed by atoms with Crippen molar-refractivity contribution in [1.82, 2.24) is 5.32 Å². The average Bonchev–Trinajstić information content (AvgIpc) is 2.46. The van der Waals surface area contributed by atoms with Crippen LogP contribution in [-0.2, 0) is 0 Å². The molecule has 0 saturated carbocycles. The molecule has 0 saturated heterocycles. The van der Waals surface area contributed by atoms with Gasteiger partial charge in [0.25, 0.3) is 0 Å². The zero-order valence-corrected chi connectivity index (χ0v) is 12.8. The van der Waals surface area contributed by atoms with Crippen LogP contribution in [-0.4, -0.2) is 13.1 Å². The Labute approximate surface area is 123 Å². The molecule has 2 rings (SSSR count). The van der Waals surface area contributed by atoms with Crippen LogP contribution in [0.4, 0.5) is 0 Å². The van der Waals surface area contributed by atoms with Crippen LogP contribution in [0, 0.1) is 13.8 Å². The Morgan fingerprint density at radius 3 is 2.40 bits per heavy atom. The number of hydrogen-bond donors (Lipinski definition) is 1. The van der Waals surface area contributed by atoms with E-state index >= 15 is 0 Å². The van der Waals surface area contributed by atoms with E-state index in [1.807, 2.05) is 0 Å². The molecule has 1 heteroatoms. The fourth-order valence-corrected chi connectivity index (χ4v) is 2.73. The van der Waals surface area contributed by atoms with Crippen molar-refractivity contribution in [3.63, 3.8) is 0 Å².